The minimum absolute atomic E-state index is 0.114. The molecule has 144 valence electrons. The molecule has 1 aromatic carbocycles. The van der Waals surface area contributed by atoms with E-state index in [-0.39, 0.29) is 29.4 Å². The number of aromatic nitrogens is 3. The van der Waals surface area contributed by atoms with Gasteiger partial charge in [-0.2, -0.15) is 13.2 Å². The molecule has 0 aliphatic rings. The molecule has 2 aromatic heterocycles. The maximum absolute atomic E-state index is 13.0. The Kier molecular flexibility index (Phi) is 5.53. The van der Waals surface area contributed by atoms with E-state index in [9.17, 15) is 18.0 Å². The number of alkyl halides is 3. The van der Waals surface area contributed by atoms with E-state index in [0.717, 1.165) is 12.1 Å². The van der Waals surface area contributed by atoms with Gasteiger partial charge in [0.05, 0.1) is 24.1 Å². The Bertz CT molecular complexity index is 979. The summed E-state index contributed by atoms with van der Waals surface area (Å²) in [4.78, 5) is 24.2. The topological polar surface area (TPSA) is 74.2 Å². The first-order valence-electron chi connectivity index (χ1n) is 8.18. The monoisotopic (exact) mass is 389 g/mol. The number of halogens is 3. The fourth-order valence-electron chi connectivity index (χ4n) is 2.29. The van der Waals surface area contributed by atoms with Crippen molar-refractivity contribution in [2.24, 2.45) is 0 Å². The first-order chi connectivity index (χ1) is 13.4. The number of benzene rings is 1. The summed E-state index contributed by atoms with van der Waals surface area (Å²) in [6.07, 6.45) is -0.348. The van der Waals surface area contributed by atoms with Gasteiger partial charge in [-0.3, -0.25) is 4.98 Å². The number of esters is 1. The van der Waals surface area contributed by atoms with Crippen LogP contribution in [0.1, 0.15) is 23.0 Å². The van der Waals surface area contributed by atoms with Crippen LogP contribution in [0, 0.1) is 0 Å². The van der Waals surface area contributed by atoms with Gasteiger partial charge in [-0.1, -0.05) is 12.1 Å². The molecule has 0 saturated carbocycles. The van der Waals surface area contributed by atoms with Gasteiger partial charge in [0.25, 0.3) is 5.88 Å². The van der Waals surface area contributed by atoms with Crippen LogP contribution in [0.4, 0.5) is 13.2 Å². The normalized spacial score (nSPS) is 11.1. The molecule has 0 amide bonds. The molecule has 6 nitrogen and oxygen atoms in total. The lowest BCUT2D eigenvalue weighted by atomic mass is 10.1. The SMILES string of the molecule is CCOC(=O)c1ncc(-c2cccc(C(F)(F)F)c2)nc1Oc1ccncc1. The third-order valence-corrected chi connectivity index (χ3v) is 3.56. The Morgan fingerprint density at radius 2 is 1.89 bits per heavy atom. The van der Waals surface area contributed by atoms with E-state index < -0.39 is 17.7 Å². The van der Waals surface area contributed by atoms with Gasteiger partial charge in [0.1, 0.15) is 5.75 Å². The molecule has 0 unspecified atom stereocenters. The molecule has 0 spiro atoms. The molecule has 0 N–H and O–H groups in total. The molecular formula is C19H14F3N3O3. The van der Waals surface area contributed by atoms with Gasteiger partial charge in [0.15, 0.2) is 0 Å². The molecule has 0 fully saturated rings. The van der Waals surface area contributed by atoms with Crippen LogP contribution in [0.15, 0.2) is 55.0 Å². The van der Waals surface area contributed by atoms with Crippen LogP contribution in [0.5, 0.6) is 11.6 Å². The van der Waals surface area contributed by atoms with Crippen LogP contribution in [0.2, 0.25) is 0 Å². The quantitative estimate of drug-likeness (QED) is 0.597. The number of pyridine rings is 1. The van der Waals surface area contributed by atoms with Crippen molar-refractivity contribution >= 4 is 5.97 Å². The summed E-state index contributed by atoms with van der Waals surface area (Å²) in [6, 6.07) is 7.70. The molecule has 9 heteroatoms. The summed E-state index contributed by atoms with van der Waals surface area (Å²) in [6.45, 7) is 1.75. The van der Waals surface area contributed by atoms with E-state index >= 15 is 0 Å². The fraction of sp³-hybridized carbons (Fsp3) is 0.158. The van der Waals surface area contributed by atoms with Crippen LogP contribution in [0.3, 0.4) is 0 Å². The maximum atomic E-state index is 13.0. The van der Waals surface area contributed by atoms with E-state index in [2.05, 4.69) is 15.0 Å². The molecule has 3 aromatic rings. The summed E-state index contributed by atoms with van der Waals surface area (Å²) in [5.41, 5.74) is -0.715. The van der Waals surface area contributed by atoms with Crippen LogP contribution in [-0.4, -0.2) is 27.5 Å². The predicted octanol–water partition coefficient (Wildman–Crippen LogP) is 4.53. The van der Waals surface area contributed by atoms with Crippen LogP contribution in [-0.2, 0) is 10.9 Å². The van der Waals surface area contributed by atoms with Crippen LogP contribution >= 0.6 is 0 Å². The lowest BCUT2D eigenvalue weighted by Crippen LogP contribution is -2.11. The number of carbonyl (C=O) groups is 1. The predicted molar refractivity (Wildman–Crippen MR) is 92.7 cm³/mol. The third-order valence-electron chi connectivity index (χ3n) is 3.56. The van der Waals surface area contributed by atoms with Gasteiger partial charge in [0, 0.05) is 18.0 Å². The third kappa shape index (κ3) is 4.43. The van der Waals surface area contributed by atoms with Crippen molar-refractivity contribution in [3.63, 3.8) is 0 Å². The Balaban J connectivity index is 2.04. The molecule has 0 aliphatic heterocycles. The van der Waals surface area contributed by atoms with Gasteiger partial charge in [0.2, 0.25) is 5.69 Å². The van der Waals surface area contributed by atoms with Crippen molar-refractivity contribution in [2.45, 2.75) is 13.1 Å². The summed E-state index contributed by atoms with van der Waals surface area (Å²) in [7, 11) is 0. The number of ether oxygens (including phenoxy) is 2. The van der Waals surface area contributed by atoms with Gasteiger partial charge in [-0.05, 0) is 31.2 Å². The number of hydrogen-bond acceptors (Lipinski definition) is 6. The average molecular weight is 389 g/mol. The van der Waals surface area contributed by atoms with Gasteiger partial charge in [-0.25, -0.2) is 14.8 Å². The van der Waals surface area contributed by atoms with Crippen molar-refractivity contribution < 1.29 is 27.4 Å². The van der Waals surface area contributed by atoms with Gasteiger partial charge >= 0.3 is 12.1 Å². The van der Waals surface area contributed by atoms with E-state index in [1.165, 1.54) is 42.9 Å². The number of carbonyl (C=O) groups excluding carboxylic acids is 1. The molecule has 0 aliphatic carbocycles. The molecule has 0 radical (unpaired) electrons. The molecule has 0 bridgehead atoms. The number of rotatable bonds is 5. The summed E-state index contributed by atoms with van der Waals surface area (Å²) < 4.78 is 49.5. The second-order valence-electron chi connectivity index (χ2n) is 5.49. The highest BCUT2D eigenvalue weighted by Crippen LogP contribution is 2.32. The Morgan fingerprint density at radius 3 is 2.57 bits per heavy atom. The minimum Gasteiger partial charge on any atom is -0.461 e. The van der Waals surface area contributed by atoms with E-state index in [4.69, 9.17) is 9.47 Å². The van der Waals surface area contributed by atoms with E-state index in [1.54, 1.807) is 6.92 Å². The van der Waals surface area contributed by atoms with E-state index in [0.29, 0.717) is 5.75 Å². The van der Waals surface area contributed by atoms with Gasteiger partial charge < -0.3 is 9.47 Å². The molecule has 0 saturated heterocycles. The standard InChI is InChI=1S/C19H14F3N3O3/c1-2-27-18(26)16-17(28-14-6-8-23-9-7-14)25-15(11-24-16)12-4-3-5-13(10-12)19(20,21)22/h3-11H,2H2,1H3. The first-order valence-corrected chi connectivity index (χ1v) is 8.18. The van der Waals surface area contributed by atoms with Crippen molar-refractivity contribution in [1.29, 1.82) is 0 Å². The lowest BCUT2D eigenvalue weighted by Gasteiger charge is -2.12. The van der Waals surface area contributed by atoms with Crippen LogP contribution < -0.4 is 4.74 Å². The Labute approximate surface area is 158 Å². The second kappa shape index (κ2) is 8.03. The minimum atomic E-state index is -4.50. The zero-order valence-electron chi connectivity index (χ0n) is 14.6. The van der Waals surface area contributed by atoms with Crippen molar-refractivity contribution in [2.75, 3.05) is 6.61 Å². The second-order valence-corrected chi connectivity index (χ2v) is 5.49. The highest BCUT2D eigenvalue weighted by molar-refractivity contribution is 5.90. The maximum Gasteiger partial charge on any atom is 0.416 e. The largest absolute Gasteiger partial charge is 0.461 e. The first kappa shape index (κ1) is 19.3. The summed E-state index contributed by atoms with van der Waals surface area (Å²) in [5.74, 6) is -0.606. The molecule has 0 atom stereocenters. The van der Waals surface area contributed by atoms with Crippen LogP contribution in [0.25, 0.3) is 11.3 Å². The summed E-state index contributed by atoms with van der Waals surface area (Å²) in [5, 5.41) is 0. The van der Waals surface area contributed by atoms with Crippen molar-refractivity contribution in [1.82, 2.24) is 15.0 Å². The molecule has 2 heterocycles. The van der Waals surface area contributed by atoms with Gasteiger partial charge in [-0.15, -0.1) is 0 Å². The Morgan fingerprint density at radius 1 is 1.14 bits per heavy atom. The lowest BCUT2D eigenvalue weighted by molar-refractivity contribution is -0.137. The number of hydrogen-bond donors (Lipinski definition) is 0. The van der Waals surface area contributed by atoms with E-state index in [1.807, 2.05) is 0 Å². The highest BCUT2D eigenvalue weighted by Gasteiger charge is 2.30. The zero-order valence-corrected chi connectivity index (χ0v) is 14.6. The smallest absolute Gasteiger partial charge is 0.416 e. The molecule has 3 rings (SSSR count). The summed E-state index contributed by atoms with van der Waals surface area (Å²) >= 11 is 0. The van der Waals surface area contributed by atoms with Crippen molar-refractivity contribution in [3.05, 3.63) is 66.2 Å². The molecular weight excluding hydrogens is 375 g/mol. The molecule has 28 heavy (non-hydrogen) atoms. The highest BCUT2D eigenvalue weighted by atomic mass is 19.4. The Hall–Kier alpha value is -3.49. The zero-order chi connectivity index (χ0) is 20.1. The fourth-order valence-corrected chi connectivity index (χ4v) is 2.29. The number of nitrogens with zero attached hydrogens (tertiary/aromatic N) is 3. The average Bonchev–Trinajstić information content (AvgIpc) is 2.68. The van der Waals surface area contributed by atoms with Crippen molar-refractivity contribution in [3.8, 4) is 22.9 Å².